The van der Waals surface area contributed by atoms with E-state index >= 15 is 0 Å². The van der Waals surface area contributed by atoms with E-state index in [2.05, 4.69) is 20.4 Å². The number of anilines is 1. The van der Waals surface area contributed by atoms with Gasteiger partial charge in [0.2, 0.25) is 11.7 Å². The lowest BCUT2D eigenvalue weighted by atomic mass is 10.3. The zero-order chi connectivity index (χ0) is 21.6. The molecule has 158 valence electrons. The van der Waals surface area contributed by atoms with Crippen molar-refractivity contribution in [1.29, 1.82) is 0 Å². The second-order valence-corrected chi connectivity index (χ2v) is 7.23. The maximum Gasteiger partial charge on any atom is 0.295 e. The highest BCUT2D eigenvalue weighted by Crippen LogP contribution is 2.27. The van der Waals surface area contributed by atoms with Crippen LogP contribution >= 0.6 is 11.3 Å². The van der Waals surface area contributed by atoms with Gasteiger partial charge in [-0.05, 0) is 41.8 Å². The minimum absolute atomic E-state index is 0.0700. The predicted octanol–water partition coefficient (Wildman–Crippen LogP) is 3.81. The molecule has 0 spiro atoms. The highest BCUT2D eigenvalue weighted by Gasteiger charge is 2.21. The lowest BCUT2D eigenvalue weighted by Gasteiger charge is -2.09. The van der Waals surface area contributed by atoms with Crippen molar-refractivity contribution >= 4 is 22.9 Å². The van der Waals surface area contributed by atoms with Crippen molar-refractivity contribution in [2.45, 2.75) is 0 Å². The standard InChI is InChI=1S/C21H18FN5O3S/c1-29-10-11-30-21-16(7-3-9-23-21)24-20(28)18-25-19(17-8-4-12-31-17)27(26-18)15-6-2-5-14(22)13-15/h2-9,12-13H,10-11H2,1H3,(H,24,28). The molecule has 0 unspecified atom stereocenters. The van der Waals surface area contributed by atoms with Crippen molar-refractivity contribution in [3.8, 4) is 22.3 Å². The van der Waals surface area contributed by atoms with Gasteiger partial charge in [-0.3, -0.25) is 4.79 Å². The van der Waals surface area contributed by atoms with Crippen molar-refractivity contribution in [1.82, 2.24) is 19.7 Å². The van der Waals surface area contributed by atoms with Crippen LogP contribution in [-0.2, 0) is 4.74 Å². The normalized spacial score (nSPS) is 10.8. The monoisotopic (exact) mass is 439 g/mol. The molecule has 1 aromatic carbocycles. The molecule has 3 aromatic heterocycles. The van der Waals surface area contributed by atoms with Crippen LogP contribution in [0.15, 0.2) is 60.1 Å². The second kappa shape index (κ2) is 9.45. The lowest BCUT2D eigenvalue weighted by Crippen LogP contribution is -2.16. The Morgan fingerprint density at radius 3 is 2.87 bits per heavy atom. The van der Waals surface area contributed by atoms with Gasteiger partial charge in [0.1, 0.15) is 18.1 Å². The van der Waals surface area contributed by atoms with Crippen molar-refractivity contribution in [3.05, 3.63) is 71.7 Å². The SMILES string of the molecule is COCCOc1ncccc1NC(=O)c1nc(-c2cccs2)n(-c2cccc(F)c2)n1. The Kier molecular flexibility index (Phi) is 6.29. The Labute approximate surface area is 181 Å². The summed E-state index contributed by atoms with van der Waals surface area (Å²) in [4.78, 5) is 22.2. The maximum atomic E-state index is 13.8. The minimum atomic E-state index is -0.544. The average molecular weight is 439 g/mol. The largest absolute Gasteiger partial charge is 0.474 e. The highest BCUT2D eigenvalue weighted by molar-refractivity contribution is 7.13. The summed E-state index contributed by atoms with van der Waals surface area (Å²) in [6.07, 6.45) is 1.56. The van der Waals surface area contributed by atoms with Crippen LogP contribution in [0, 0.1) is 5.82 Å². The van der Waals surface area contributed by atoms with Gasteiger partial charge in [-0.1, -0.05) is 12.1 Å². The Bertz CT molecular complexity index is 1180. The molecule has 0 fully saturated rings. The molecule has 0 bridgehead atoms. The topological polar surface area (TPSA) is 91.2 Å². The number of hydrogen-bond donors (Lipinski definition) is 1. The number of nitrogens with zero attached hydrogens (tertiary/aromatic N) is 4. The van der Waals surface area contributed by atoms with Gasteiger partial charge < -0.3 is 14.8 Å². The first-order chi connectivity index (χ1) is 15.2. The van der Waals surface area contributed by atoms with Gasteiger partial charge in [-0.15, -0.1) is 16.4 Å². The lowest BCUT2D eigenvalue weighted by molar-refractivity contribution is 0.101. The van der Waals surface area contributed by atoms with Gasteiger partial charge in [0.05, 0.1) is 17.2 Å². The van der Waals surface area contributed by atoms with Crippen molar-refractivity contribution in [2.75, 3.05) is 25.6 Å². The van der Waals surface area contributed by atoms with Crippen molar-refractivity contribution < 1.29 is 18.7 Å². The third-order valence-corrected chi connectivity index (χ3v) is 5.02. The van der Waals surface area contributed by atoms with Gasteiger partial charge in [0.15, 0.2) is 5.82 Å². The first-order valence-electron chi connectivity index (χ1n) is 9.30. The van der Waals surface area contributed by atoms with Crippen LogP contribution in [0.3, 0.4) is 0 Å². The molecular formula is C21H18FN5O3S. The number of pyridine rings is 1. The molecule has 0 aliphatic heterocycles. The molecule has 1 amide bonds. The number of carbonyl (C=O) groups excluding carboxylic acids is 1. The van der Waals surface area contributed by atoms with E-state index < -0.39 is 11.7 Å². The predicted molar refractivity (Wildman–Crippen MR) is 114 cm³/mol. The Morgan fingerprint density at radius 2 is 2.10 bits per heavy atom. The Balaban J connectivity index is 1.65. The van der Waals surface area contributed by atoms with E-state index in [1.54, 1.807) is 37.6 Å². The molecule has 3 heterocycles. The summed E-state index contributed by atoms with van der Waals surface area (Å²) < 4.78 is 25.7. The smallest absolute Gasteiger partial charge is 0.295 e. The van der Waals surface area contributed by atoms with Gasteiger partial charge >= 0.3 is 0 Å². The van der Waals surface area contributed by atoms with Crippen molar-refractivity contribution in [3.63, 3.8) is 0 Å². The number of ether oxygens (including phenoxy) is 2. The molecule has 0 radical (unpaired) electrons. The fourth-order valence-corrected chi connectivity index (χ4v) is 3.46. The van der Waals surface area contributed by atoms with E-state index in [1.807, 2.05) is 17.5 Å². The average Bonchev–Trinajstić information content (AvgIpc) is 3.45. The third kappa shape index (κ3) is 4.76. The zero-order valence-corrected chi connectivity index (χ0v) is 17.3. The minimum Gasteiger partial charge on any atom is -0.474 e. The molecule has 1 N–H and O–H groups in total. The molecule has 0 atom stereocenters. The van der Waals surface area contributed by atoms with Crippen LogP contribution < -0.4 is 10.1 Å². The number of carbonyl (C=O) groups is 1. The molecule has 0 saturated carbocycles. The van der Waals surface area contributed by atoms with Crippen LogP contribution in [0.4, 0.5) is 10.1 Å². The number of benzene rings is 1. The molecular weight excluding hydrogens is 421 g/mol. The molecule has 0 aliphatic rings. The number of aromatic nitrogens is 4. The summed E-state index contributed by atoms with van der Waals surface area (Å²) in [5.74, 6) is -0.328. The molecule has 4 aromatic rings. The van der Waals surface area contributed by atoms with Gasteiger partial charge in [0, 0.05) is 13.3 Å². The first kappa shape index (κ1) is 20.6. The summed E-state index contributed by atoms with van der Waals surface area (Å²) >= 11 is 1.44. The number of amides is 1. The fraction of sp³-hybridized carbons (Fsp3) is 0.143. The number of nitrogens with one attached hydrogen (secondary N) is 1. The van der Waals surface area contributed by atoms with Crippen LogP contribution in [-0.4, -0.2) is 46.0 Å². The van der Waals surface area contributed by atoms with Gasteiger partial charge in [-0.2, -0.15) is 0 Å². The Hall–Kier alpha value is -3.63. The maximum absolute atomic E-state index is 13.8. The van der Waals surface area contributed by atoms with E-state index in [4.69, 9.17) is 9.47 Å². The van der Waals surface area contributed by atoms with Crippen molar-refractivity contribution in [2.24, 2.45) is 0 Å². The summed E-state index contributed by atoms with van der Waals surface area (Å²) in [5, 5.41) is 8.95. The molecule has 4 rings (SSSR count). The number of hydrogen-bond acceptors (Lipinski definition) is 7. The molecule has 10 heteroatoms. The van der Waals surface area contributed by atoms with E-state index in [0.29, 0.717) is 23.8 Å². The molecule has 8 nitrogen and oxygen atoms in total. The first-order valence-corrected chi connectivity index (χ1v) is 10.2. The van der Waals surface area contributed by atoms with Gasteiger partial charge in [0.25, 0.3) is 5.91 Å². The summed E-state index contributed by atoms with van der Waals surface area (Å²) in [6.45, 7) is 0.666. The van der Waals surface area contributed by atoms with E-state index in [0.717, 1.165) is 4.88 Å². The Morgan fingerprint density at radius 1 is 1.19 bits per heavy atom. The van der Waals surface area contributed by atoms with E-state index in [-0.39, 0.29) is 18.3 Å². The molecule has 31 heavy (non-hydrogen) atoms. The molecule has 0 aliphatic carbocycles. The highest BCUT2D eigenvalue weighted by atomic mass is 32.1. The summed E-state index contributed by atoms with van der Waals surface area (Å²) in [5.41, 5.74) is 0.836. The fourth-order valence-electron chi connectivity index (χ4n) is 2.76. The zero-order valence-electron chi connectivity index (χ0n) is 16.5. The van der Waals surface area contributed by atoms with Crippen LogP contribution in [0.25, 0.3) is 16.4 Å². The van der Waals surface area contributed by atoms with E-state index in [9.17, 15) is 9.18 Å². The summed E-state index contributed by atoms with van der Waals surface area (Å²) in [6, 6.07) is 13.0. The van der Waals surface area contributed by atoms with Gasteiger partial charge in [-0.25, -0.2) is 19.0 Å². The number of methoxy groups -OCH3 is 1. The van der Waals surface area contributed by atoms with Crippen LogP contribution in [0.2, 0.25) is 0 Å². The third-order valence-electron chi connectivity index (χ3n) is 4.15. The number of thiophene rings is 1. The van der Waals surface area contributed by atoms with Crippen LogP contribution in [0.5, 0.6) is 5.88 Å². The van der Waals surface area contributed by atoms with E-state index in [1.165, 1.54) is 28.2 Å². The number of rotatable bonds is 8. The second-order valence-electron chi connectivity index (χ2n) is 6.28. The molecule has 0 saturated heterocycles. The number of halogens is 1. The summed E-state index contributed by atoms with van der Waals surface area (Å²) in [7, 11) is 1.57. The van der Waals surface area contributed by atoms with Crippen LogP contribution in [0.1, 0.15) is 10.6 Å². The quantitative estimate of drug-likeness (QED) is 0.420.